The number of carbonyl (C=O) groups is 1. The van der Waals surface area contributed by atoms with Crippen molar-refractivity contribution in [2.75, 3.05) is 20.4 Å². The first-order valence-corrected chi connectivity index (χ1v) is 10.6. The number of hydrogen-bond donors (Lipinski definition) is 2. The maximum Gasteiger partial charge on any atom is 0.269 e. The molecule has 0 fully saturated rings. The number of fused-ring (bicyclic) bond motifs is 1. The molecule has 34 heavy (non-hydrogen) atoms. The van der Waals surface area contributed by atoms with Gasteiger partial charge in [-0.25, -0.2) is 4.68 Å². The van der Waals surface area contributed by atoms with E-state index in [1.807, 2.05) is 36.4 Å². The summed E-state index contributed by atoms with van der Waals surface area (Å²) in [6, 6.07) is 17.6. The van der Waals surface area contributed by atoms with E-state index in [1.165, 1.54) is 10.7 Å². The summed E-state index contributed by atoms with van der Waals surface area (Å²) in [5.41, 5.74) is 2.96. The molecule has 5 rings (SSSR count). The fraction of sp³-hybridized carbons (Fsp3) is 0.167. The topological polar surface area (TPSA) is 120 Å². The van der Waals surface area contributed by atoms with Crippen LogP contribution in [0.3, 0.4) is 0 Å². The minimum atomic E-state index is -0.334. The molecule has 2 aromatic carbocycles. The minimum absolute atomic E-state index is 0.188. The van der Waals surface area contributed by atoms with Gasteiger partial charge in [-0.15, -0.1) is 0 Å². The van der Waals surface area contributed by atoms with Crippen molar-refractivity contribution in [2.45, 2.75) is 6.54 Å². The van der Waals surface area contributed by atoms with Gasteiger partial charge < -0.3 is 19.5 Å². The molecular formula is C24H21N5O5. The molecule has 0 saturated heterocycles. The van der Waals surface area contributed by atoms with Gasteiger partial charge in [0.2, 0.25) is 6.79 Å². The molecule has 3 heterocycles. The molecule has 10 nitrogen and oxygen atoms in total. The van der Waals surface area contributed by atoms with Gasteiger partial charge in [0.15, 0.2) is 11.5 Å². The van der Waals surface area contributed by atoms with Gasteiger partial charge in [0, 0.05) is 23.7 Å². The molecule has 0 radical (unpaired) electrons. The van der Waals surface area contributed by atoms with Gasteiger partial charge in [0.1, 0.15) is 11.4 Å². The summed E-state index contributed by atoms with van der Waals surface area (Å²) in [6.07, 6.45) is 0. The van der Waals surface area contributed by atoms with E-state index in [-0.39, 0.29) is 31.3 Å². The molecule has 2 aromatic heterocycles. The second kappa shape index (κ2) is 9.10. The number of nitrogens with zero attached hydrogens (tertiary/aromatic N) is 3. The maximum absolute atomic E-state index is 12.6. The summed E-state index contributed by atoms with van der Waals surface area (Å²) in [4.78, 5) is 24.8. The standard InChI is InChI=1S/C24H21N5O5/c1-32-17-5-2-15(3-6-17)18-7-9-23(30)29(28-18)11-10-25-24(31)20-13-19(26-27-20)16-4-8-21-22(12-16)34-14-33-21/h2-9,12-13H,10-11,14H2,1H3,(H,25,31)(H,26,27). The first kappa shape index (κ1) is 21.3. The number of H-pyrrole nitrogens is 1. The number of benzene rings is 2. The van der Waals surface area contributed by atoms with Crippen LogP contribution in [0.25, 0.3) is 22.5 Å². The number of methoxy groups -OCH3 is 1. The quantitative estimate of drug-likeness (QED) is 0.436. The molecule has 0 unspecified atom stereocenters. The van der Waals surface area contributed by atoms with Crippen LogP contribution in [0.15, 0.2) is 65.5 Å². The summed E-state index contributed by atoms with van der Waals surface area (Å²) >= 11 is 0. The molecule has 2 N–H and O–H groups in total. The Balaban J connectivity index is 1.22. The average Bonchev–Trinajstić information content (AvgIpc) is 3.55. The molecule has 0 aliphatic carbocycles. The molecule has 1 aliphatic heterocycles. The summed E-state index contributed by atoms with van der Waals surface area (Å²) in [5, 5.41) is 14.1. The highest BCUT2D eigenvalue weighted by Crippen LogP contribution is 2.35. The fourth-order valence-electron chi connectivity index (χ4n) is 3.54. The van der Waals surface area contributed by atoms with Crippen LogP contribution in [0.2, 0.25) is 0 Å². The molecule has 172 valence electrons. The average molecular weight is 459 g/mol. The molecule has 1 aliphatic rings. The van der Waals surface area contributed by atoms with Crippen LogP contribution in [0.5, 0.6) is 17.2 Å². The second-order valence-electron chi connectivity index (χ2n) is 7.50. The van der Waals surface area contributed by atoms with Crippen molar-refractivity contribution in [2.24, 2.45) is 0 Å². The van der Waals surface area contributed by atoms with E-state index < -0.39 is 0 Å². The van der Waals surface area contributed by atoms with E-state index in [4.69, 9.17) is 14.2 Å². The van der Waals surface area contributed by atoms with Crippen LogP contribution in [-0.4, -0.2) is 46.3 Å². The number of rotatable bonds is 7. The SMILES string of the molecule is COc1ccc(-c2ccc(=O)n(CCNC(=O)c3cc(-c4ccc5c(c4)OCO5)n[nH]3)n2)cc1. The van der Waals surface area contributed by atoms with E-state index in [2.05, 4.69) is 20.6 Å². The molecule has 0 spiro atoms. The number of aromatic nitrogens is 4. The number of carbonyl (C=O) groups excluding carboxylic acids is 1. The Kier molecular flexibility index (Phi) is 5.69. The van der Waals surface area contributed by atoms with Crippen molar-refractivity contribution >= 4 is 5.91 Å². The zero-order valence-corrected chi connectivity index (χ0v) is 18.3. The lowest BCUT2D eigenvalue weighted by Crippen LogP contribution is -2.32. The number of ether oxygens (including phenoxy) is 3. The van der Waals surface area contributed by atoms with E-state index in [0.29, 0.717) is 28.6 Å². The lowest BCUT2D eigenvalue weighted by Gasteiger charge is -2.08. The Hall–Kier alpha value is -4.60. The first-order chi connectivity index (χ1) is 16.6. The summed E-state index contributed by atoms with van der Waals surface area (Å²) in [6.45, 7) is 0.627. The molecule has 0 saturated carbocycles. The van der Waals surface area contributed by atoms with Crippen molar-refractivity contribution in [1.82, 2.24) is 25.3 Å². The van der Waals surface area contributed by atoms with Crippen molar-refractivity contribution < 1.29 is 19.0 Å². The predicted octanol–water partition coefficient (Wildman–Crippen LogP) is 2.47. The van der Waals surface area contributed by atoms with Gasteiger partial charge in [-0.1, -0.05) is 0 Å². The highest BCUT2D eigenvalue weighted by Gasteiger charge is 2.16. The van der Waals surface area contributed by atoms with Crippen molar-refractivity contribution in [3.05, 3.63) is 76.7 Å². The Labute approximate surface area is 194 Å². The third kappa shape index (κ3) is 4.33. The van der Waals surface area contributed by atoms with Crippen LogP contribution in [0, 0.1) is 0 Å². The zero-order valence-electron chi connectivity index (χ0n) is 18.3. The lowest BCUT2D eigenvalue weighted by atomic mass is 10.1. The van der Waals surface area contributed by atoms with Crippen molar-refractivity contribution in [3.8, 4) is 39.8 Å². The third-order valence-corrected chi connectivity index (χ3v) is 5.35. The Morgan fingerprint density at radius 1 is 1.03 bits per heavy atom. The van der Waals surface area contributed by atoms with E-state index in [1.54, 1.807) is 25.3 Å². The Morgan fingerprint density at radius 2 is 1.82 bits per heavy atom. The van der Waals surface area contributed by atoms with Gasteiger partial charge in [-0.2, -0.15) is 10.2 Å². The fourth-order valence-corrected chi connectivity index (χ4v) is 3.54. The van der Waals surface area contributed by atoms with Crippen LogP contribution >= 0.6 is 0 Å². The van der Waals surface area contributed by atoms with Crippen LogP contribution < -0.4 is 25.1 Å². The Morgan fingerprint density at radius 3 is 2.65 bits per heavy atom. The molecule has 10 heteroatoms. The summed E-state index contributed by atoms with van der Waals surface area (Å²) < 4.78 is 17.2. The normalized spacial score (nSPS) is 11.9. The van der Waals surface area contributed by atoms with Gasteiger partial charge in [-0.05, 0) is 54.6 Å². The number of hydrogen-bond acceptors (Lipinski definition) is 7. The lowest BCUT2D eigenvalue weighted by molar-refractivity contribution is 0.0946. The van der Waals surface area contributed by atoms with Gasteiger partial charge in [-0.3, -0.25) is 14.7 Å². The van der Waals surface area contributed by atoms with Gasteiger partial charge in [0.25, 0.3) is 11.5 Å². The van der Waals surface area contributed by atoms with E-state index in [9.17, 15) is 9.59 Å². The molecule has 0 atom stereocenters. The van der Waals surface area contributed by atoms with Crippen LogP contribution in [-0.2, 0) is 6.54 Å². The molecular weight excluding hydrogens is 438 g/mol. The Bertz CT molecular complexity index is 1390. The van der Waals surface area contributed by atoms with E-state index >= 15 is 0 Å². The van der Waals surface area contributed by atoms with Crippen LogP contribution in [0.1, 0.15) is 10.5 Å². The van der Waals surface area contributed by atoms with Gasteiger partial charge in [0.05, 0.1) is 25.0 Å². The highest BCUT2D eigenvalue weighted by molar-refractivity contribution is 5.93. The van der Waals surface area contributed by atoms with Crippen molar-refractivity contribution in [1.29, 1.82) is 0 Å². The zero-order chi connectivity index (χ0) is 23.5. The first-order valence-electron chi connectivity index (χ1n) is 10.6. The largest absolute Gasteiger partial charge is 0.497 e. The van der Waals surface area contributed by atoms with Gasteiger partial charge >= 0.3 is 0 Å². The smallest absolute Gasteiger partial charge is 0.269 e. The monoisotopic (exact) mass is 459 g/mol. The summed E-state index contributed by atoms with van der Waals surface area (Å²) in [7, 11) is 1.60. The predicted molar refractivity (Wildman–Crippen MR) is 123 cm³/mol. The third-order valence-electron chi connectivity index (χ3n) is 5.35. The molecule has 4 aromatic rings. The maximum atomic E-state index is 12.6. The summed E-state index contributed by atoms with van der Waals surface area (Å²) in [5.74, 6) is 1.72. The highest BCUT2D eigenvalue weighted by atomic mass is 16.7. The number of amides is 1. The number of aromatic amines is 1. The molecule has 0 bridgehead atoms. The molecule has 1 amide bonds. The second-order valence-corrected chi connectivity index (χ2v) is 7.50. The van der Waals surface area contributed by atoms with E-state index in [0.717, 1.165) is 16.9 Å². The minimum Gasteiger partial charge on any atom is -0.497 e. The van der Waals surface area contributed by atoms with Crippen LogP contribution in [0.4, 0.5) is 0 Å². The van der Waals surface area contributed by atoms with Crippen molar-refractivity contribution in [3.63, 3.8) is 0 Å². The number of nitrogens with one attached hydrogen (secondary N) is 2.